The number of H-pyrrole nitrogens is 1. The lowest BCUT2D eigenvalue weighted by Crippen LogP contribution is -2.36. The molecule has 0 saturated heterocycles. The number of aromatic amines is 1. The number of carbonyl (C=O) groups excluding carboxylic acids is 1. The van der Waals surface area contributed by atoms with E-state index in [1.807, 2.05) is 6.20 Å². The van der Waals surface area contributed by atoms with Crippen LogP contribution in [0.1, 0.15) is 17.0 Å². The lowest BCUT2D eigenvalue weighted by Gasteiger charge is -2.25. The van der Waals surface area contributed by atoms with Crippen LogP contribution in [-0.2, 0) is 17.8 Å². The zero-order chi connectivity index (χ0) is 13.2. The second-order valence-corrected chi connectivity index (χ2v) is 4.71. The maximum absolute atomic E-state index is 11.9. The number of carbonyl (C=O) groups is 1. The summed E-state index contributed by atoms with van der Waals surface area (Å²) >= 11 is 0. The Balaban J connectivity index is 1.56. The third kappa shape index (κ3) is 2.65. The summed E-state index contributed by atoms with van der Waals surface area (Å²) < 4.78 is 4.90. The Labute approximate surface area is 110 Å². The van der Waals surface area contributed by atoms with E-state index >= 15 is 0 Å². The molecule has 19 heavy (non-hydrogen) atoms. The quantitative estimate of drug-likeness (QED) is 0.849. The molecule has 0 spiro atoms. The van der Waals surface area contributed by atoms with Crippen molar-refractivity contribution < 1.29 is 9.32 Å². The number of hydrogen-bond donors (Lipinski definition) is 2. The zero-order valence-corrected chi connectivity index (χ0v) is 10.6. The Bertz CT molecular complexity index is 588. The van der Waals surface area contributed by atoms with Crippen molar-refractivity contribution >= 4 is 11.7 Å². The van der Waals surface area contributed by atoms with E-state index in [4.69, 9.17) is 4.52 Å². The summed E-state index contributed by atoms with van der Waals surface area (Å²) in [7, 11) is 0. The molecule has 2 aromatic rings. The van der Waals surface area contributed by atoms with Crippen LogP contribution >= 0.6 is 0 Å². The fourth-order valence-corrected chi connectivity index (χ4v) is 2.23. The second kappa shape index (κ2) is 4.85. The van der Waals surface area contributed by atoms with Crippen LogP contribution in [0.3, 0.4) is 0 Å². The number of aromatic nitrogens is 3. The minimum atomic E-state index is -0.0831. The fraction of sp³-hybridized carbons (Fsp3) is 0.417. The molecule has 3 rings (SSSR count). The van der Waals surface area contributed by atoms with Crippen LogP contribution in [0.15, 0.2) is 16.8 Å². The van der Waals surface area contributed by atoms with Gasteiger partial charge in [-0.2, -0.15) is 5.10 Å². The van der Waals surface area contributed by atoms with E-state index in [2.05, 4.69) is 25.6 Å². The average molecular weight is 261 g/mol. The molecule has 0 bridgehead atoms. The van der Waals surface area contributed by atoms with Crippen molar-refractivity contribution in [1.82, 2.24) is 20.3 Å². The number of amides is 1. The molecule has 1 amide bonds. The van der Waals surface area contributed by atoms with Crippen molar-refractivity contribution in [2.24, 2.45) is 0 Å². The summed E-state index contributed by atoms with van der Waals surface area (Å²) in [5.74, 6) is 1.06. The van der Waals surface area contributed by atoms with E-state index in [0.717, 1.165) is 25.1 Å². The summed E-state index contributed by atoms with van der Waals surface area (Å²) in [6, 6.07) is 1.70. The van der Waals surface area contributed by atoms with Gasteiger partial charge in [-0.3, -0.25) is 14.8 Å². The van der Waals surface area contributed by atoms with E-state index in [1.165, 1.54) is 5.69 Å². The third-order valence-corrected chi connectivity index (χ3v) is 3.14. The van der Waals surface area contributed by atoms with E-state index < -0.39 is 0 Å². The van der Waals surface area contributed by atoms with Gasteiger partial charge in [0.2, 0.25) is 5.91 Å². The molecule has 0 aliphatic carbocycles. The Morgan fingerprint density at radius 1 is 1.63 bits per heavy atom. The van der Waals surface area contributed by atoms with Crippen molar-refractivity contribution in [3.8, 4) is 0 Å². The van der Waals surface area contributed by atoms with Gasteiger partial charge in [0.05, 0.1) is 12.7 Å². The Morgan fingerprint density at radius 3 is 3.32 bits per heavy atom. The molecule has 0 aromatic carbocycles. The predicted molar refractivity (Wildman–Crippen MR) is 67.4 cm³/mol. The van der Waals surface area contributed by atoms with Crippen LogP contribution in [-0.4, -0.2) is 39.3 Å². The van der Waals surface area contributed by atoms with Crippen molar-refractivity contribution in [1.29, 1.82) is 0 Å². The highest BCUT2D eigenvalue weighted by Gasteiger charge is 2.20. The van der Waals surface area contributed by atoms with Gasteiger partial charge in [-0.25, -0.2) is 0 Å². The first kappa shape index (κ1) is 11.9. The van der Waals surface area contributed by atoms with Gasteiger partial charge in [0.25, 0.3) is 0 Å². The highest BCUT2D eigenvalue weighted by atomic mass is 16.5. The Morgan fingerprint density at radius 2 is 2.53 bits per heavy atom. The largest absolute Gasteiger partial charge is 0.360 e. The minimum Gasteiger partial charge on any atom is -0.360 e. The van der Waals surface area contributed by atoms with Gasteiger partial charge in [-0.15, -0.1) is 0 Å². The minimum absolute atomic E-state index is 0.0831. The van der Waals surface area contributed by atoms with Crippen molar-refractivity contribution in [3.63, 3.8) is 0 Å². The average Bonchev–Trinajstić information content (AvgIpc) is 2.97. The number of nitrogens with one attached hydrogen (secondary N) is 2. The van der Waals surface area contributed by atoms with Crippen LogP contribution in [0, 0.1) is 6.92 Å². The highest BCUT2D eigenvalue weighted by Crippen LogP contribution is 2.15. The number of aryl methyl sites for hydroxylation is 1. The van der Waals surface area contributed by atoms with Gasteiger partial charge in [0, 0.05) is 36.8 Å². The third-order valence-electron chi connectivity index (χ3n) is 3.14. The zero-order valence-electron chi connectivity index (χ0n) is 10.6. The topological polar surface area (TPSA) is 87.0 Å². The number of rotatable bonds is 3. The molecule has 7 heteroatoms. The van der Waals surface area contributed by atoms with E-state index in [9.17, 15) is 4.79 Å². The van der Waals surface area contributed by atoms with Crippen molar-refractivity contribution in [2.45, 2.75) is 19.9 Å². The molecular formula is C12H15N5O2. The first-order valence-corrected chi connectivity index (χ1v) is 6.17. The number of anilines is 1. The molecule has 3 heterocycles. The number of hydrogen-bond acceptors (Lipinski definition) is 5. The van der Waals surface area contributed by atoms with Gasteiger partial charge in [0.1, 0.15) is 5.76 Å². The summed E-state index contributed by atoms with van der Waals surface area (Å²) in [5.41, 5.74) is 2.33. The second-order valence-electron chi connectivity index (χ2n) is 4.71. The van der Waals surface area contributed by atoms with E-state index in [0.29, 0.717) is 18.1 Å². The Kier molecular flexibility index (Phi) is 3.04. The first-order chi connectivity index (χ1) is 9.20. The number of nitrogens with zero attached hydrogens (tertiary/aromatic N) is 3. The molecule has 1 aliphatic rings. The van der Waals surface area contributed by atoms with Crippen LogP contribution in [0.25, 0.3) is 0 Å². The van der Waals surface area contributed by atoms with Crippen LogP contribution in [0.2, 0.25) is 0 Å². The molecule has 7 nitrogen and oxygen atoms in total. The highest BCUT2D eigenvalue weighted by molar-refractivity contribution is 5.91. The molecule has 100 valence electrons. The molecule has 0 saturated carbocycles. The van der Waals surface area contributed by atoms with Gasteiger partial charge in [0.15, 0.2) is 5.82 Å². The molecule has 2 aromatic heterocycles. The van der Waals surface area contributed by atoms with Gasteiger partial charge >= 0.3 is 0 Å². The predicted octanol–water partition coefficient (Wildman–Crippen LogP) is 0.703. The fourth-order valence-electron chi connectivity index (χ4n) is 2.23. The molecular weight excluding hydrogens is 246 g/mol. The normalized spacial score (nSPS) is 15.2. The molecule has 0 atom stereocenters. The summed E-state index contributed by atoms with van der Waals surface area (Å²) in [5, 5.41) is 13.4. The molecule has 1 aliphatic heterocycles. The Hall–Kier alpha value is -2.15. The SMILES string of the molecule is Cc1cc(NC(=O)CN2CCc3[nH]ncc3C2)no1. The van der Waals surface area contributed by atoms with Gasteiger partial charge in [-0.1, -0.05) is 5.16 Å². The van der Waals surface area contributed by atoms with Crippen LogP contribution in [0.4, 0.5) is 5.82 Å². The molecule has 0 radical (unpaired) electrons. The summed E-state index contributed by atoms with van der Waals surface area (Å²) in [6.45, 7) is 3.72. The van der Waals surface area contributed by atoms with Crippen molar-refractivity contribution in [2.75, 3.05) is 18.4 Å². The van der Waals surface area contributed by atoms with Gasteiger partial charge in [-0.05, 0) is 6.92 Å². The number of fused-ring (bicyclic) bond motifs is 1. The monoisotopic (exact) mass is 261 g/mol. The smallest absolute Gasteiger partial charge is 0.239 e. The van der Waals surface area contributed by atoms with Crippen LogP contribution in [0.5, 0.6) is 0 Å². The lowest BCUT2D eigenvalue weighted by atomic mass is 10.1. The van der Waals surface area contributed by atoms with E-state index in [1.54, 1.807) is 13.0 Å². The summed E-state index contributed by atoms with van der Waals surface area (Å²) in [6.07, 6.45) is 2.71. The molecule has 2 N–H and O–H groups in total. The van der Waals surface area contributed by atoms with Gasteiger partial charge < -0.3 is 9.84 Å². The van der Waals surface area contributed by atoms with E-state index in [-0.39, 0.29) is 5.91 Å². The van der Waals surface area contributed by atoms with Crippen molar-refractivity contribution in [3.05, 3.63) is 29.3 Å². The summed E-state index contributed by atoms with van der Waals surface area (Å²) in [4.78, 5) is 14.0. The first-order valence-electron chi connectivity index (χ1n) is 6.17. The van der Waals surface area contributed by atoms with Crippen LogP contribution < -0.4 is 5.32 Å². The lowest BCUT2D eigenvalue weighted by molar-refractivity contribution is -0.117. The molecule has 0 fully saturated rings. The standard InChI is InChI=1S/C12H15N5O2/c1-8-4-11(16-19-8)14-12(18)7-17-3-2-10-9(6-17)5-13-15-10/h4-5H,2-3,6-7H2,1H3,(H,13,15)(H,14,16,18). The molecule has 0 unspecified atom stereocenters. The maximum Gasteiger partial charge on any atom is 0.239 e. The maximum atomic E-state index is 11.9.